The minimum Gasteiger partial charge on any atom is -0.354 e. The molecule has 2 heterocycles. The number of rotatable bonds is 4. The molecule has 1 N–H and O–H groups in total. The smallest absolute Gasteiger partial charge is 0.270 e. The molecule has 1 fully saturated rings. The molecule has 0 aromatic carbocycles. The maximum atomic E-state index is 12.5. The van der Waals surface area contributed by atoms with Crippen LogP contribution in [0.5, 0.6) is 0 Å². The Morgan fingerprint density at radius 2 is 1.95 bits per heavy atom. The number of hydrogen-bond donors (Lipinski definition) is 1. The van der Waals surface area contributed by atoms with Crippen LogP contribution in [-0.2, 0) is 12.8 Å². The van der Waals surface area contributed by atoms with Crippen LogP contribution in [0.4, 0.5) is 0 Å². The monoisotopic (exact) mass is 289 g/mol. The third kappa shape index (κ3) is 3.49. The third-order valence-corrected chi connectivity index (χ3v) is 4.89. The van der Waals surface area contributed by atoms with Crippen LogP contribution in [0.2, 0.25) is 0 Å². The highest BCUT2D eigenvalue weighted by Gasteiger charge is 2.19. The second-order valence-electron chi connectivity index (χ2n) is 6.52. The van der Waals surface area contributed by atoms with E-state index in [1.165, 1.54) is 56.5 Å². The number of nitrogens with one attached hydrogen (secondary N) is 1. The Labute approximate surface area is 127 Å². The van der Waals surface area contributed by atoms with E-state index in [0.717, 1.165) is 31.6 Å². The number of carbonyl (C=O) groups excluding carboxylic acids is 1. The van der Waals surface area contributed by atoms with E-state index in [9.17, 15) is 4.79 Å². The number of amides is 1. The molecule has 0 saturated carbocycles. The summed E-state index contributed by atoms with van der Waals surface area (Å²) in [4.78, 5) is 20.2. The molecule has 21 heavy (non-hydrogen) atoms. The van der Waals surface area contributed by atoms with Crippen LogP contribution in [0, 0.1) is 0 Å². The molecule has 4 nitrogen and oxygen atoms in total. The lowest BCUT2D eigenvalue weighted by Gasteiger charge is -2.28. The highest BCUT2D eigenvalue weighted by atomic mass is 16.2. The van der Waals surface area contributed by atoms with Gasteiger partial charge in [0.25, 0.3) is 5.91 Å². The fraction of sp³-hybridized carbons (Fsp3) is 0.706. The minimum atomic E-state index is 0.140. The fourth-order valence-electron chi connectivity index (χ4n) is 3.50. The molecule has 1 saturated heterocycles. The Kier molecular flexibility index (Phi) is 4.63. The topological polar surface area (TPSA) is 39.3 Å². The van der Waals surface area contributed by atoms with Gasteiger partial charge in [-0.2, -0.15) is 0 Å². The first-order valence-electron chi connectivity index (χ1n) is 8.42. The molecule has 0 unspecified atom stereocenters. The number of aromatic nitrogens is 1. The number of likely N-dealkylation sites (N-methyl/N-ethyl adjacent to an activating group) is 1. The molecule has 4 heteroatoms. The van der Waals surface area contributed by atoms with Crippen molar-refractivity contribution in [3.8, 4) is 0 Å². The molecule has 1 amide bonds. The number of carbonyl (C=O) groups is 1. The van der Waals surface area contributed by atoms with E-state index in [1.54, 1.807) is 0 Å². The number of H-pyrrole nitrogens is 1. The molecular formula is C17H27N3O. The largest absolute Gasteiger partial charge is 0.354 e. The summed E-state index contributed by atoms with van der Waals surface area (Å²) in [6.07, 6.45) is 8.69. The van der Waals surface area contributed by atoms with Crippen molar-refractivity contribution in [1.29, 1.82) is 0 Å². The van der Waals surface area contributed by atoms with Crippen molar-refractivity contribution in [2.24, 2.45) is 0 Å². The van der Waals surface area contributed by atoms with Gasteiger partial charge < -0.3 is 14.8 Å². The van der Waals surface area contributed by atoms with Crippen LogP contribution in [0.3, 0.4) is 0 Å². The van der Waals surface area contributed by atoms with Crippen molar-refractivity contribution in [2.75, 3.05) is 33.2 Å². The SMILES string of the molecule is CN(CCN1CCCCC1)C(=O)c1cc2c([nH]1)CCCC2. The number of aromatic amines is 1. The van der Waals surface area contributed by atoms with Crippen LogP contribution >= 0.6 is 0 Å². The lowest BCUT2D eigenvalue weighted by atomic mass is 9.98. The zero-order valence-corrected chi connectivity index (χ0v) is 13.2. The molecular weight excluding hydrogens is 262 g/mol. The van der Waals surface area contributed by atoms with Crippen LogP contribution in [0.25, 0.3) is 0 Å². The van der Waals surface area contributed by atoms with Crippen LogP contribution in [0.15, 0.2) is 6.07 Å². The van der Waals surface area contributed by atoms with Gasteiger partial charge >= 0.3 is 0 Å². The lowest BCUT2D eigenvalue weighted by molar-refractivity contribution is 0.0767. The quantitative estimate of drug-likeness (QED) is 0.925. The molecule has 1 aliphatic heterocycles. The first kappa shape index (κ1) is 14.6. The van der Waals surface area contributed by atoms with Crippen molar-refractivity contribution in [2.45, 2.75) is 44.9 Å². The summed E-state index contributed by atoms with van der Waals surface area (Å²) in [6, 6.07) is 2.08. The number of likely N-dealkylation sites (tertiary alicyclic amines) is 1. The first-order chi connectivity index (χ1) is 10.2. The van der Waals surface area contributed by atoms with Gasteiger partial charge in [0, 0.05) is 25.8 Å². The Morgan fingerprint density at radius 3 is 2.71 bits per heavy atom. The number of fused-ring (bicyclic) bond motifs is 1. The molecule has 1 aliphatic carbocycles. The van der Waals surface area contributed by atoms with E-state index in [1.807, 2.05) is 11.9 Å². The Hall–Kier alpha value is -1.29. The van der Waals surface area contributed by atoms with Crippen molar-refractivity contribution < 1.29 is 4.79 Å². The van der Waals surface area contributed by atoms with Gasteiger partial charge in [0.2, 0.25) is 0 Å². The second kappa shape index (κ2) is 6.65. The van der Waals surface area contributed by atoms with Gasteiger partial charge in [0.1, 0.15) is 5.69 Å². The molecule has 1 aromatic rings. The fourth-order valence-corrected chi connectivity index (χ4v) is 3.50. The van der Waals surface area contributed by atoms with E-state index in [2.05, 4.69) is 16.0 Å². The Morgan fingerprint density at radius 1 is 1.19 bits per heavy atom. The van der Waals surface area contributed by atoms with Crippen molar-refractivity contribution in [1.82, 2.24) is 14.8 Å². The molecule has 116 valence electrons. The number of aryl methyl sites for hydroxylation is 2. The van der Waals surface area contributed by atoms with Crippen LogP contribution in [0.1, 0.15) is 53.8 Å². The van der Waals surface area contributed by atoms with Crippen molar-refractivity contribution >= 4 is 5.91 Å². The zero-order chi connectivity index (χ0) is 14.7. The van der Waals surface area contributed by atoms with E-state index < -0.39 is 0 Å². The molecule has 0 atom stereocenters. The van der Waals surface area contributed by atoms with Crippen molar-refractivity contribution in [3.63, 3.8) is 0 Å². The summed E-state index contributed by atoms with van der Waals surface area (Å²) in [6.45, 7) is 4.21. The van der Waals surface area contributed by atoms with E-state index in [-0.39, 0.29) is 5.91 Å². The molecule has 0 radical (unpaired) electrons. The van der Waals surface area contributed by atoms with Gasteiger partial charge in [-0.1, -0.05) is 6.42 Å². The molecule has 0 spiro atoms. The van der Waals surface area contributed by atoms with E-state index in [4.69, 9.17) is 0 Å². The summed E-state index contributed by atoms with van der Waals surface area (Å²) >= 11 is 0. The van der Waals surface area contributed by atoms with E-state index in [0.29, 0.717) is 0 Å². The van der Waals surface area contributed by atoms with Crippen LogP contribution < -0.4 is 0 Å². The summed E-state index contributed by atoms with van der Waals surface area (Å²) in [5.41, 5.74) is 3.42. The van der Waals surface area contributed by atoms with Gasteiger partial charge in [-0.3, -0.25) is 4.79 Å². The normalized spacial score (nSPS) is 19.3. The highest BCUT2D eigenvalue weighted by Crippen LogP contribution is 2.22. The summed E-state index contributed by atoms with van der Waals surface area (Å²) < 4.78 is 0. The predicted molar refractivity (Wildman–Crippen MR) is 84.7 cm³/mol. The van der Waals surface area contributed by atoms with E-state index >= 15 is 0 Å². The van der Waals surface area contributed by atoms with Crippen molar-refractivity contribution in [3.05, 3.63) is 23.0 Å². The molecule has 0 bridgehead atoms. The summed E-state index contributed by atoms with van der Waals surface area (Å²) in [5, 5.41) is 0. The lowest BCUT2D eigenvalue weighted by Crippen LogP contribution is -2.38. The Balaban J connectivity index is 1.55. The maximum absolute atomic E-state index is 12.5. The number of piperidine rings is 1. The Bertz CT molecular complexity index is 465. The third-order valence-electron chi connectivity index (χ3n) is 4.89. The standard InChI is InChI=1S/C17H27N3O/c1-19(11-12-20-9-5-2-6-10-20)17(21)16-13-14-7-3-4-8-15(14)18-16/h13,18H,2-12H2,1H3. The maximum Gasteiger partial charge on any atom is 0.270 e. The molecule has 2 aliphatic rings. The zero-order valence-electron chi connectivity index (χ0n) is 13.2. The minimum absolute atomic E-state index is 0.140. The predicted octanol–water partition coefficient (Wildman–Crippen LogP) is 2.45. The van der Waals surface area contributed by atoms with Gasteiger partial charge in [-0.05, 0) is 63.2 Å². The van der Waals surface area contributed by atoms with Gasteiger partial charge in [-0.25, -0.2) is 0 Å². The molecule has 3 rings (SSSR count). The van der Waals surface area contributed by atoms with Gasteiger partial charge in [0.05, 0.1) is 0 Å². The average molecular weight is 289 g/mol. The van der Waals surface area contributed by atoms with Crippen LogP contribution in [-0.4, -0.2) is 53.9 Å². The first-order valence-corrected chi connectivity index (χ1v) is 8.42. The highest BCUT2D eigenvalue weighted by molar-refractivity contribution is 5.92. The molecule has 1 aromatic heterocycles. The number of hydrogen-bond acceptors (Lipinski definition) is 2. The van der Waals surface area contributed by atoms with Gasteiger partial charge in [0.15, 0.2) is 0 Å². The summed E-state index contributed by atoms with van der Waals surface area (Å²) in [7, 11) is 1.92. The summed E-state index contributed by atoms with van der Waals surface area (Å²) in [5.74, 6) is 0.140. The average Bonchev–Trinajstić information content (AvgIpc) is 2.97. The van der Waals surface area contributed by atoms with Gasteiger partial charge in [-0.15, -0.1) is 0 Å². The second-order valence-corrected chi connectivity index (χ2v) is 6.52. The number of nitrogens with zero attached hydrogens (tertiary/aromatic N) is 2.